The van der Waals surface area contributed by atoms with Gasteiger partial charge in [-0.3, -0.25) is 13.9 Å². The van der Waals surface area contributed by atoms with Gasteiger partial charge in [0.15, 0.2) is 11.2 Å². The molecule has 1 aliphatic heterocycles. The molecule has 0 saturated heterocycles. The summed E-state index contributed by atoms with van der Waals surface area (Å²) in [6.07, 6.45) is 6.14. The molecule has 1 saturated carbocycles. The first kappa shape index (κ1) is 18.3. The molecule has 0 amide bonds. The van der Waals surface area contributed by atoms with E-state index in [1.54, 1.807) is 14.2 Å². The van der Waals surface area contributed by atoms with Crippen molar-refractivity contribution in [1.82, 2.24) is 18.7 Å². The highest BCUT2D eigenvalue weighted by Gasteiger charge is 2.33. The number of aryl methyl sites for hydroxylation is 1. The maximum absolute atomic E-state index is 13.1. The van der Waals surface area contributed by atoms with Gasteiger partial charge in [0.05, 0.1) is 13.2 Å². The number of hydrogen-bond acceptors (Lipinski definition) is 5. The second-order valence-corrected chi connectivity index (χ2v) is 8.04. The monoisotopic (exact) mass is 375 g/mol. The summed E-state index contributed by atoms with van der Waals surface area (Å²) in [6, 6.07) is 0.477. The molecule has 4 rings (SSSR count). The lowest BCUT2D eigenvalue weighted by atomic mass is 9.93. The maximum atomic E-state index is 13.1. The van der Waals surface area contributed by atoms with Crippen LogP contribution in [-0.4, -0.2) is 45.0 Å². The second-order valence-electron chi connectivity index (χ2n) is 8.04. The quantitative estimate of drug-likeness (QED) is 0.806. The van der Waals surface area contributed by atoms with Crippen LogP contribution >= 0.6 is 0 Å². The fraction of sp³-hybridized carbons (Fsp3) is 0.737. The SMILES string of the molecule is COCCn1c(=O)c2c(nc3n2C[C@@H](C)CN3C2CCCCC2)n(C)c1=O. The van der Waals surface area contributed by atoms with Crippen LogP contribution in [0.25, 0.3) is 11.2 Å². The fourth-order valence-electron chi connectivity index (χ4n) is 4.62. The van der Waals surface area contributed by atoms with Crippen molar-refractivity contribution >= 4 is 17.1 Å². The van der Waals surface area contributed by atoms with Crippen LogP contribution in [0.1, 0.15) is 39.0 Å². The van der Waals surface area contributed by atoms with E-state index in [4.69, 9.17) is 9.72 Å². The van der Waals surface area contributed by atoms with Crippen molar-refractivity contribution in [3.05, 3.63) is 20.8 Å². The van der Waals surface area contributed by atoms with Crippen molar-refractivity contribution in [1.29, 1.82) is 0 Å². The number of ether oxygens (including phenoxy) is 1. The molecule has 2 aromatic heterocycles. The molecule has 148 valence electrons. The van der Waals surface area contributed by atoms with Gasteiger partial charge >= 0.3 is 5.69 Å². The zero-order valence-electron chi connectivity index (χ0n) is 16.5. The van der Waals surface area contributed by atoms with E-state index in [0.717, 1.165) is 19.0 Å². The zero-order valence-corrected chi connectivity index (χ0v) is 16.5. The summed E-state index contributed by atoms with van der Waals surface area (Å²) >= 11 is 0. The Morgan fingerprint density at radius 3 is 2.59 bits per heavy atom. The minimum atomic E-state index is -0.336. The molecule has 8 heteroatoms. The normalized spacial score (nSPS) is 21.0. The first-order valence-electron chi connectivity index (χ1n) is 9.98. The number of hydrogen-bond donors (Lipinski definition) is 0. The summed E-state index contributed by atoms with van der Waals surface area (Å²) in [6.45, 7) is 4.51. The number of aromatic nitrogens is 4. The standard InChI is InChI=1S/C19H29N5O3/c1-13-11-23(14-7-5-4-6-8-14)18-20-16-15(24(18)12-13)17(25)22(9-10-27-3)19(26)21(16)2/h13-14H,4-12H2,1-3H3/t13-/m0/s1. The fourth-order valence-corrected chi connectivity index (χ4v) is 4.62. The summed E-state index contributed by atoms with van der Waals surface area (Å²) < 4.78 is 9.89. The van der Waals surface area contributed by atoms with Crippen LogP contribution in [0.5, 0.6) is 0 Å². The van der Waals surface area contributed by atoms with Crippen LogP contribution in [0.15, 0.2) is 9.59 Å². The van der Waals surface area contributed by atoms with E-state index in [1.807, 2.05) is 4.57 Å². The third-order valence-electron chi connectivity index (χ3n) is 6.01. The number of methoxy groups -OCH3 is 1. The summed E-state index contributed by atoms with van der Waals surface area (Å²) in [5.41, 5.74) is 0.429. The van der Waals surface area contributed by atoms with Gasteiger partial charge < -0.3 is 14.2 Å². The van der Waals surface area contributed by atoms with Gasteiger partial charge in [-0.05, 0) is 18.8 Å². The van der Waals surface area contributed by atoms with Gasteiger partial charge in [0.2, 0.25) is 5.95 Å². The Balaban J connectivity index is 1.90. The smallest absolute Gasteiger partial charge is 0.332 e. The van der Waals surface area contributed by atoms with Crippen molar-refractivity contribution in [2.45, 2.75) is 58.2 Å². The Labute approximate surface area is 158 Å². The van der Waals surface area contributed by atoms with Crippen LogP contribution in [0.2, 0.25) is 0 Å². The zero-order chi connectivity index (χ0) is 19.1. The van der Waals surface area contributed by atoms with Crippen molar-refractivity contribution < 1.29 is 4.74 Å². The molecule has 0 bridgehead atoms. The highest BCUT2D eigenvalue weighted by atomic mass is 16.5. The van der Waals surface area contributed by atoms with Gasteiger partial charge in [-0.1, -0.05) is 26.2 Å². The summed E-state index contributed by atoms with van der Waals surface area (Å²) in [4.78, 5) is 33.0. The molecule has 2 aromatic rings. The molecule has 0 radical (unpaired) electrons. The van der Waals surface area contributed by atoms with Gasteiger partial charge in [0, 0.05) is 33.3 Å². The molecule has 1 atom stereocenters. The van der Waals surface area contributed by atoms with E-state index < -0.39 is 0 Å². The van der Waals surface area contributed by atoms with Gasteiger partial charge in [-0.15, -0.1) is 0 Å². The molecule has 8 nitrogen and oxygen atoms in total. The molecule has 0 aromatic carbocycles. The van der Waals surface area contributed by atoms with E-state index in [2.05, 4.69) is 11.8 Å². The molecule has 0 N–H and O–H groups in total. The third kappa shape index (κ3) is 2.99. The number of imidazole rings is 1. The Bertz CT molecular complexity index is 951. The molecule has 0 unspecified atom stereocenters. The molecule has 0 spiro atoms. The number of fused-ring (bicyclic) bond motifs is 3. The van der Waals surface area contributed by atoms with Crippen molar-refractivity contribution in [2.24, 2.45) is 13.0 Å². The molecule has 1 aliphatic carbocycles. The average molecular weight is 375 g/mol. The van der Waals surface area contributed by atoms with Crippen LogP contribution in [0, 0.1) is 5.92 Å². The van der Waals surface area contributed by atoms with Crippen LogP contribution in [0.4, 0.5) is 5.95 Å². The second kappa shape index (κ2) is 7.14. The lowest BCUT2D eigenvalue weighted by molar-refractivity contribution is 0.184. The van der Waals surface area contributed by atoms with Crippen molar-refractivity contribution in [2.75, 3.05) is 25.2 Å². The van der Waals surface area contributed by atoms with E-state index in [1.165, 1.54) is 41.2 Å². The highest BCUT2D eigenvalue weighted by Crippen LogP contribution is 2.32. The largest absolute Gasteiger partial charge is 0.383 e. The van der Waals surface area contributed by atoms with Gasteiger partial charge in [0.1, 0.15) is 0 Å². The number of nitrogens with zero attached hydrogens (tertiary/aromatic N) is 5. The molecule has 27 heavy (non-hydrogen) atoms. The van der Waals surface area contributed by atoms with Gasteiger partial charge in [-0.2, -0.15) is 4.98 Å². The first-order valence-corrected chi connectivity index (χ1v) is 9.98. The van der Waals surface area contributed by atoms with Crippen LogP contribution < -0.4 is 16.1 Å². The lowest BCUT2D eigenvalue weighted by Crippen LogP contribution is -2.45. The Morgan fingerprint density at radius 2 is 1.89 bits per heavy atom. The third-order valence-corrected chi connectivity index (χ3v) is 6.01. The van der Waals surface area contributed by atoms with Gasteiger partial charge in [0.25, 0.3) is 5.56 Å². The first-order chi connectivity index (χ1) is 13.0. The van der Waals surface area contributed by atoms with E-state index in [9.17, 15) is 9.59 Å². The van der Waals surface area contributed by atoms with Crippen LogP contribution in [0.3, 0.4) is 0 Å². The van der Waals surface area contributed by atoms with E-state index >= 15 is 0 Å². The predicted octanol–water partition coefficient (Wildman–Crippen LogP) is 1.33. The Morgan fingerprint density at radius 1 is 1.15 bits per heavy atom. The number of anilines is 1. The minimum absolute atomic E-state index is 0.250. The summed E-state index contributed by atoms with van der Waals surface area (Å²) in [5, 5.41) is 0. The molecule has 2 aliphatic rings. The Kier molecular flexibility index (Phi) is 4.84. The molecular weight excluding hydrogens is 346 g/mol. The van der Waals surface area contributed by atoms with Gasteiger partial charge in [-0.25, -0.2) is 4.79 Å². The van der Waals surface area contributed by atoms with E-state index in [-0.39, 0.29) is 17.8 Å². The van der Waals surface area contributed by atoms with Crippen molar-refractivity contribution in [3.63, 3.8) is 0 Å². The van der Waals surface area contributed by atoms with Crippen molar-refractivity contribution in [3.8, 4) is 0 Å². The minimum Gasteiger partial charge on any atom is -0.383 e. The average Bonchev–Trinajstić information content (AvgIpc) is 3.06. The van der Waals surface area contributed by atoms with E-state index in [0.29, 0.717) is 29.7 Å². The topological polar surface area (TPSA) is 74.3 Å². The summed E-state index contributed by atoms with van der Waals surface area (Å²) in [5.74, 6) is 1.28. The van der Waals surface area contributed by atoms with Crippen LogP contribution in [-0.2, 0) is 24.9 Å². The summed E-state index contributed by atoms with van der Waals surface area (Å²) in [7, 11) is 3.26. The molecule has 3 heterocycles. The highest BCUT2D eigenvalue weighted by molar-refractivity contribution is 5.75. The molecule has 1 fully saturated rings. The predicted molar refractivity (Wildman–Crippen MR) is 104 cm³/mol. The Hall–Kier alpha value is -2.09. The number of rotatable bonds is 4. The molecular formula is C19H29N5O3. The lowest BCUT2D eigenvalue weighted by Gasteiger charge is -2.40. The maximum Gasteiger partial charge on any atom is 0.332 e.